The van der Waals surface area contributed by atoms with E-state index in [2.05, 4.69) is 15.5 Å². The van der Waals surface area contributed by atoms with Gasteiger partial charge >= 0.3 is 6.09 Å². The normalized spacial score (nSPS) is 20.6. The van der Waals surface area contributed by atoms with E-state index in [9.17, 15) is 19.2 Å². The first-order valence-corrected chi connectivity index (χ1v) is 16.0. The fourth-order valence-corrected chi connectivity index (χ4v) is 5.83. The number of ether oxygens (including phenoxy) is 1. The van der Waals surface area contributed by atoms with Gasteiger partial charge in [-0.3, -0.25) is 19.3 Å². The fourth-order valence-electron chi connectivity index (χ4n) is 5.83. The Morgan fingerprint density at radius 2 is 1.73 bits per heavy atom. The van der Waals surface area contributed by atoms with Gasteiger partial charge in [-0.2, -0.15) is 0 Å². The zero-order valence-corrected chi connectivity index (χ0v) is 27.3. The molecule has 244 valence electrons. The number of piperazine rings is 1. The Morgan fingerprint density at radius 1 is 1.09 bits per heavy atom. The van der Waals surface area contributed by atoms with Crippen LogP contribution in [0.2, 0.25) is 0 Å². The van der Waals surface area contributed by atoms with Gasteiger partial charge in [-0.05, 0) is 103 Å². The molecule has 0 bridgehead atoms. The number of halogens is 1. The van der Waals surface area contributed by atoms with Gasteiger partial charge in [0, 0.05) is 45.6 Å². The van der Waals surface area contributed by atoms with Crippen molar-refractivity contribution in [3.8, 4) is 0 Å². The Kier molecular flexibility index (Phi) is 10.6. The number of carbonyl (C=O) groups excluding carboxylic acids is 4. The summed E-state index contributed by atoms with van der Waals surface area (Å²) in [5.74, 6) is 0.0857. The van der Waals surface area contributed by atoms with E-state index < -0.39 is 35.5 Å². The molecule has 1 heterocycles. The Balaban J connectivity index is 1.45. The molecular weight excluding hydrogens is 565 g/mol. The van der Waals surface area contributed by atoms with E-state index in [0.29, 0.717) is 49.4 Å². The van der Waals surface area contributed by atoms with E-state index in [1.165, 1.54) is 49.8 Å². The van der Waals surface area contributed by atoms with Crippen LogP contribution in [0.15, 0.2) is 18.2 Å². The van der Waals surface area contributed by atoms with E-state index in [1.807, 2.05) is 14.0 Å². The number of benzene rings is 1. The number of rotatable bonds is 11. The highest BCUT2D eigenvalue weighted by atomic mass is 19.1. The smallest absolute Gasteiger partial charge is 0.410 e. The molecule has 3 aliphatic rings. The molecule has 2 saturated carbocycles. The lowest BCUT2D eigenvalue weighted by Gasteiger charge is -2.39. The monoisotopic (exact) mass is 615 g/mol. The predicted octanol–water partition coefficient (Wildman–Crippen LogP) is 4.04. The SMILES string of the molecule is CC1CN(C(=O)C(Cc2ccc(NC(=O)CC(C3CC3)C3CC3)c(F)c2)NC(=O)C(C)N(C)C(=O)OC(C)(C)C)CCN1C. The van der Waals surface area contributed by atoms with Gasteiger partial charge in [0.1, 0.15) is 23.5 Å². The molecule has 11 heteroatoms. The largest absolute Gasteiger partial charge is 0.444 e. The second-order valence-corrected chi connectivity index (χ2v) is 14.1. The van der Waals surface area contributed by atoms with Gasteiger partial charge < -0.3 is 25.2 Å². The lowest BCUT2D eigenvalue weighted by Crippen LogP contribution is -2.59. The summed E-state index contributed by atoms with van der Waals surface area (Å²) in [5, 5.41) is 5.57. The van der Waals surface area contributed by atoms with E-state index in [-0.39, 0.29) is 30.0 Å². The van der Waals surface area contributed by atoms with Gasteiger partial charge in [0.05, 0.1) is 5.69 Å². The summed E-state index contributed by atoms with van der Waals surface area (Å²) in [7, 11) is 3.47. The van der Waals surface area contributed by atoms with Crippen LogP contribution >= 0.6 is 0 Å². The number of hydrogen-bond donors (Lipinski definition) is 2. The third-order valence-corrected chi connectivity index (χ3v) is 9.15. The molecule has 4 amide bonds. The summed E-state index contributed by atoms with van der Waals surface area (Å²) in [4.78, 5) is 57.5. The summed E-state index contributed by atoms with van der Waals surface area (Å²) in [6, 6.07) is 2.74. The van der Waals surface area contributed by atoms with Crippen LogP contribution in [0.5, 0.6) is 0 Å². The number of carbonyl (C=O) groups is 4. The molecule has 1 aromatic carbocycles. The number of amides is 4. The Labute approximate surface area is 261 Å². The highest BCUT2D eigenvalue weighted by Crippen LogP contribution is 2.50. The van der Waals surface area contributed by atoms with Crippen LogP contribution in [0.1, 0.15) is 72.3 Å². The first-order valence-electron chi connectivity index (χ1n) is 16.0. The Hall–Kier alpha value is -3.21. The summed E-state index contributed by atoms with van der Waals surface area (Å²) >= 11 is 0. The van der Waals surface area contributed by atoms with Crippen molar-refractivity contribution in [2.24, 2.45) is 17.8 Å². The molecule has 44 heavy (non-hydrogen) atoms. The molecule has 4 rings (SSSR count). The molecular formula is C33H50FN5O5. The minimum Gasteiger partial charge on any atom is -0.444 e. The van der Waals surface area contributed by atoms with Crippen molar-refractivity contribution in [1.29, 1.82) is 0 Å². The van der Waals surface area contributed by atoms with Crippen LogP contribution in [0, 0.1) is 23.6 Å². The van der Waals surface area contributed by atoms with Crippen molar-refractivity contribution in [2.75, 3.05) is 39.0 Å². The van der Waals surface area contributed by atoms with E-state index in [1.54, 1.807) is 38.7 Å². The minimum absolute atomic E-state index is 0.0464. The molecule has 10 nitrogen and oxygen atoms in total. The summed E-state index contributed by atoms with van der Waals surface area (Å²) in [6.45, 7) is 10.5. The Morgan fingerprint density at radius 3 is 2.27 bits per heavy atom. The second-order valence-electron chi connectivity index (χ2n) is 14.1. The maximum absolute atomic E-state index is 15.2. The zero-order chi connectivity index (χ0) is 32.3. The second kappa shape index (κ2) is 13.8. The molecule has 3 fully saturated rings. The number of hydrogen-bond acceptors (Lipinski definition) is 6. The standard InChI is InChI=1S/C33H50FN5O5/c1-20-19-39(15-14-37(20)6)31(42)28(36-30(41)21(2)38(7)32(43)44-33(3,4)5)17-22-8-13-27(26(34)16-22)35-29(40)18-25(23-9-10-23)24-11-12-24/h8,13,16,20-21,23-25,28H,9-12,14-15,17-19H2,1-7H3,(H,35,40)(H,36,41). The Bertz CT molecular complexity index is 1220. The topological polar surface area (TPSA) is 111 Å². The maximum Gasteiger partial charge on any atom is 0.410 e. The zero-order valence-electron chi connectivity index (χ0n) is 27.3. The molecule has 2 aliphatic carbocycles. The van der Waals surface area contributed by atoms with E-state index in [4.69, 9.17) is 4.74 Å². The van der Waals surface area contributed by atoms with Gasteiger partial charge in [-0.1, -0.05) is 6.07 Å². The maximum atomic E-state index is 15.2. The van der Waals surface area contributed by atoms with Crippen molar-refractivity contribution < 1.29 is 28.3 Å². The van der Waals surface area contributed by atoms with Crippen LogP contribution < -0.4 is 10.6 Å². The molecule has 0 radical (unpaired) electrons. The molecule has 1 aromatic rings. The van der Waals surface area contributed by atoms with Crippen LogP contribution in [0.3, 0.4) is 0 Å². The number of likely N-dealkylation sites (N-methyl/N-ethyl adjacent to an activating group) is 2. The highest BCUT2D eigenvalue weighted by molar-refractivity contribution is 5.92. The number of nitrogens with one attached hydrogen (secondary N) is 2. The van der Waals surface area contributed by atoms with Gasteiger partial charge in [-0.25, -0.2) is 9.18 Å². The molecule has 2 N–H and O–H groups in total. The minimum atomic E-state index is -0.981. The van der Waals surface area contributed by atoms with Crippen molar-refractivity contribution in [2.45, 2.75) is 96.9 Å². The van der Waals surface area contributed by atoms with Gasteiger partial charge in [0.15, 0.2) is 0 Å². The fraction of sp³-hybridized carbons (Fsp3) is 0.697. The first kappa shape index (κ1) is 33.7. The quantitative estimate of drug-likeness (QED) is 0.389. The molecule has 3 unspecified atom stereocenters. The third-order valence-electron chi connectivity index (χ3n) is 9.15. The highest BCUT2D eigenvalue weighted by Gasteiger charge is 2.42. The predicted molar refractivity (Wildman–Crippen MR) is 166 cm³/mol. The molecule has 1 aliphatic heterocycles. The lowest BCUT2D eigenvalue weighted by molar-refractivity contribution is -0.139. The summed E-state index contributed by atoms with van der Waals surface area (Å²) in [5.41, 5.74) is -0.121. The van der Waals surface area contributed by atoms with Crippen molar-refractivity contribution in [3.63, 3.8) is 0 Å². The molecule has 3 atom stereocenters. The van der Waals surface area contributed by atoms with Crippen LogP contribution in [0.4, 0.5) is 14.9 Å². The van der Waals surface area contributed by atoms with Gasteiger partial charge in [0.2, 0.25) is 17.7 Å². The first-order chi connectivity index (χ1) is 20.6. The van der Waals surface area contributed by atoms with Crippen molar-refractivity contribution in [3.05, 3.63) is 29.6 Å². The van der Waals surface area contributed by atoms with Crippen LogP contribution in [-0.4, -0.2) is 96.0 Å². The number of anilines is 1. The van der Waals surface area contributed by atoms with Gasteiger partial charge in [-0.15, -0.1) is 0 Å². The average Bonchev–Trinajstić information content (AvgIpc) is 3.86. The van der Waals surface area contributed by atoms with Crippen LogP contribution in [0.25, 0.3) is 0 Å². The molecule has 1 saturated heterocycles. The van der Waals surface area contributed by atoms with E-state index in [0.717, 1.165) is 0 Å². The molecule has 0 aromatic heterocycles. The lowest BCUT2D eigenvalue weighted by atomic mass is 9.94. The third kappa shape index (κ3) is 9.15. The average molecular weight is 616 g/mol. The molecule has 0 spiro atoms. The number of nitrogens with zero attached hydrogens (tertiary/aromatic N) is 3. The van der Waals surface area contributed by atoms with Crippen molar-refractivity contribution in [1.82, 2.24) is 20.0 Å². The van der Waals surface area contributed by atoms with E-state index >= 15 is 4.39 Å². The summed E-state index contributed by atoms with van der Waals surface area (Å²) in [6.07, 6.45) is 4.52. The van der Waals surface area contributed by atoms with Gasteiger partial charge in [0.25, 0.3) is 0 Å². The van der Waals surface area contributed by atoms with Crippen molar-refractivity contribution >= 4 is 29.5 Å². The van der Waals surface area contributed by atoms with Crippen LogP contribution in [-0.2, 0) is 25.5 Å². The summed E-state index contributed by atoms with van der Waals surface area (Å²) < 4.78 is 20.6.